The van der Waals surface area contributed by atoms with Gasteiger partial charge in [0.1, 0.15) is 0 Å². The molecular formula is C17H22Cl3N3O2. The van der Waals surface area contributed by atoms with Crippen molar-refractivity contribution in [3.8, 4) is 0 Å². The second-order valence-electron chi connectivity index (χ2n) is 7.18. The number of carbonyl (C=O) groups excluding carboxylic acids is 2. The van der Waals surface area contributed by atoms with E-state index in [0.717, 1.165) is 0 Å². The summed E-state index contributed by atoms with van der Waals surface area (Å²) in [7, 11) is 0. The number of likely N-dealkylation sites (tertiary alicyclic amines) is 1. The fourth-order valence-electron chi connectivity index (χ4n) is 2.71. The maximum Gasteiger partial charge on any atom is 0.241 e. The molecule has 0 aromatic heterocycles. The Kier molecular flexibility index (Phi) is 6.46. The Labute approximate surface area is 163 Å². The summed E-state index contributed by atoms with van der Waals surface area (Å²) in [4.78, 5) is 26.5. The summed E-state index contributed by atoms with van der Waals surface area (Å²) in [6.07, 6.45) is 1.24. The molecule has 5 nitrogen and oxygen atoms in total. The van der Waals surface area contributed by atoms with E-state index in [-0.39, 0.29) is 17.7 Å². The monoisotopic (exact) mass is 405 g/mol. The lowest BCUT2D eigenvalue weighted by Crippen LogP contribution is -2.47. The number of anilines is 1. The first-order chi connectivity index (χ1) is 11.6. The van der Waals surface area contributed by atoms with Gasteiger partial charge in [0.2, 0.25) is 11.8 Å². The number of hydrazine groups is 1. The van der Waals surface area contributed by atoms with Gasteiger partial charge in [0.25, 0.3) is 0 Å². The first-order valence-electron chi connectivity index (χ1n) is 8.09. The van der Waals surface area contributed by atoms with Crippen LogP contribution >= 0.6 is 34.8 Å². The maximum atomic E-state index is 12.3. The van der Waals surface area contributed by atoms with Crippen LogP contribution in [0.1, 0.15) is 33.6 Å². The molecule has 0 atom stereocenters. The zero-order chi connectivity index (χ0) is 18.8. The minimum atomic E-state index is -0.404. The molecule has 1 fully saturated rings. The third-order valence-corrected chi connectivity index (χ3v) is 4.93. The van der Waals surface area contributed by atoms with E-state index >= 15 is 0 Å². The van der Waals surface area contributed by atoms with Gasteiger partial charge in [-0.05, 0) is 25.0 Å². The van der Waals surface area contributed by atoms with Crippen molar-refractivity contribution in [3.63, 3.8) is 0 Å². The zero-order valence-corrected chi connectivity index (χ0v) is 16.7. The fraction of sp³-hybridized carbons (Fsp3) is 0.529. The van der Waals surface area contributed by atoms with E-state index in [1.165, 1.54) is 0 Å². The fourth-order valence-corrected chi connectivity index (χ4v) is 3.62. The normalized spacial score (nSPS) is 15.8. The molecule has 1 aromatic carbocycles. The second-order valence-corrected chi connectivity index (χ2v) is 8.43. The van der Waals surface area contributed by atoms with E-state index in [0.29, 0.717) is 46.7 Å². The van der Waals surface area contributed by atoms with Crippen molar-refractivity contribution in [1.82, 2.24) is 10.3 Å². The maximum absolute atomic E-state index is 12.3. The van der Waals surface area contributed by atoms with Crippen molar-refractivity contribution in [2.45, 2.75) is 33.6 Å². The molecule has 0 spiro atoms. The van der Waals surface area contributed by atoms with Crippen molar-refractivity contribution in [2.24, 2.45) is 11.3 Å². The van der Waals surface area contributed by atoms with Crippen molar-refractivity contribution in [3.05, 3.63) is 27.2 Å². The number of hydrogen-bond acceptors (Lipinski definition) is 3. The Morgan fingerprint density at radius 1 is 1.08 bits per heavy atom. The van der Waals surface area contributed by atoms with Crippen molar-refractivity contribution in [1.29, 1.82) is 0 Å². The molecule has 138 valence electrons. The highest BCUT2D eigenvalue weighted by Gasteiger charge is 2.32. The smallest absolute Gasteiger partial charge is 0.241 e. The summed E-state index contributed by atoms with van der Waals surface area (Å²) in [6.45, 7) is 6.86. The highest BCUT2D eigenvalue weighted by molar-refractivity contribution is 6.41. The molecule has 1 heterocycles. The van der Waals surface area contributed by atoms with E-state index in [2.05, 4.69) is 10.9 Å². The Morgan fingerprint density at radius 2 is 1.60 bits per heavy atom. The van der Waals surface area contributed by atoms with E-state index in [4.69, 9.17) is 34.8 Å². The highest BCUT2D eigenvalue weighted by atomic mass is 35.5. The Hall–Kier alpha value is -1.17. The summed E-state index contributed by atoms with van der Waals surface area (Å²) in [5.41, 5.74) is 5.40. The molecule has 1 aliphatic rings. The Bertz CT molecular complexity index is 643. The quantitative estimate of drug-likeness (QED) is 0.733. The molecule has 8 heteroatoms. The third kappa shape index (κ3) is 5.16. The lowest BCUT2D eigenvalue weighted by atomic mass is 9.91. The molecule has 0 aliphatic carbocycles. The minimum absolute atomic E-state index is 0.115. The van der Waals surface area contributed by atoms with Gasteiger partial charge in [0, 0.05) is 29.4 Å². The number of carbonyl (C=O) groups is 2. The molecule has 1 aromatic rings. The molecule has 1 aliphatic heterocycles. The number of rotatable bonds is 3. The molecule has 2 N–H and O–H groups in total. The summed E-state index contributed by atoms with van der Waals surface area (Å²) in [6, 6.07) is 3.08. The number of amides is 2. The van der Waals surface area contributed by atoms with E-state index in [1.807, 2.05) is 25.7 Å². The molecule has 0 radical (unpaired) electrons. The standard InChI is InChI=1S/C17H22Cl3N3O2/c1-17(2,3)16(25)23-6-4-10(5-7-23)15(24)22-21-14-12(19)8-11(18)9-13(14)20/h8-10,21H,4-7H2,1-3H3,(H,22,24). The Morgan fingerprint density at radius 3 is 2.08 bits per heavy atom. The lowest BCUT2D eigenvalue weighted by Gasteiger charge is -2.35. The third-order valence-electron chi connectivity index (χ3n) is 4.11. The summed E-state index contributed by atoms with van der Waals surface area (Å²) in [5, 5.41) is 1.06. The molecule has 25 heavy (non-hydrogen) atoms. The second kappa shape index (κ2) is 8.02. The largest absolute Gasteiger partial charge is 0.342 e. The molecule has 0 saturated carbocycles. The number of benzene rings is 1. The molecule has 0 bridgehead atoms. The Balaban J connectivity index is 1.89. The van der Waals surface area contributed by atoms with Crippen LogP contribution in [0.5, 0.6) is 0 Å². The SMILES string of the molecule is CC(C)(C)C(=O)N1CCC(C(=O)NNc2c(Cl)cc(Cl)cc2Cl)CC1. The van der Waals surface area contributed by atoms with Crippen LogP contribution in [0, 0.1) is 11.3 Å². The van der Waals surface area contributed by atoms with E-state index in [1.54, 1.807) is 12.1 Å². The molecular weight excluding hydrogens is 385 g/mol. The predicted octanol–water partition coefficient (Wildman–Crippen LogP) is 4.37. The lowest BCUT2D eigenvalue weighted by molar-refractivity contribution is -0.142. The van der Waals surface area contributed by atoms with E-state index in [9.17, 15) is 9.59 Å². The minimum Gasteiger partial charge on any atom is -0.342 e. The van der Waals surface area contributed by atoms with Crippen LogP contribution in [0.25, 0.3) is 0 Å². The zero-order valence-electron chi connectivity index (χ0n) is 14.5. The van der Waals surface area contributed by atoms with Gasteiger partial charge in [-0.2, -0.15) is 0 Å². The van der Waals surface area contributed by atoms with Gasteiger partial charge in [-0.25, -0.2) is 0 Å². The van der Waals surface area contributed by atoms with Crippen LogP contribution in [-0.4, -0.2) is 29.8 Å². The van der Waals surface area contributed by atoms with Crippen LogP contribution in [0.4, 0.5) is 5.69 Å². The number of halogens is 3. The van der Waals surface area contributed by atoms with Gasteiger partial charge in [-0.1, -0.05) is 55.6 Å². The highest BCUT2D eigenvalue weighted by Crippen LogP contribution is 2.33. The number of piperidine rings is 1. The molecule has 0 unspecified atom stereocenters. The molecule has 2 amide bonds. The average Bonchev–Trinajstić information content (AvgIpc) is 2.52. The average molecular weight is 407 g/mol. The van der Waals surface area contributed by atoms with Gasteiger partial charge in [0.05, 0.1) is 15.7 Å². The summed E-state index contributed by atoms with van der Waals surface area (Å²) >= 11 is 18.0. The van der Waals surface area contributed by atoms with Crippen LogP contribution in [0.3, 0.4) is 0 Å². The van der Waals surface area contributed by atoms with Gasteiger partial charge in [-0.3, -0.25) is 20.4 Å². The van der Waals surface area contributed by atoms with Crippen LogP contribution in [0.2, 0.25) is 15.1 Å². The predicted molar refractivity (Wildman–Crippen MR) is 102 cm³/mol. The number of nitrogens with zero attached hydrogens (tertiary/aromatic N) is 1. The van der Waals surface area contributed by atoms with Crippen molar-refractivity contribution < 1.29 is 9.59 Å². The molecule has 2 rings (SSSR count). The van der Waals surface area contributed by atoms with Gasteiger partial charge < -0.3 is 4.90 Å². The van der Waals surface area contributed by atoms with Crippen molar-refractivity contribution in [2.75, 3.05) is 18.5 Å². The number of hydrogen-bond donors (Lipinski definition) is 2. The first-order valence-corrected chi connectivity index (χ1v) is 9.23. The van der Waals surface area contributed by atoms with Crippen LogP contribution < -0.4 is 10.9 Å². The first kappa shape index (κ1) is 20.1. The molecule has 1 saturated heterocycles. The summed E-state index contributed by atoms with van der Waals surface area (Å²) in [5.74, 6) is -0.199. The van der Waals surface area contributed by atoms with Gasteiger partial charge in [0.15, 0.2) is 0 Å². The number of nitrogens with one attached hydrogen (secondary N) is 2. The topological polar surface area (TPSA) is 61.4 Å². The summed E-state index contributed by atoms with van der Waals surface area (Å²) < 4.78 is 0. The van der Waals surface area contributed by atoms with Crippen molar-refractivity contribution >= 4 is 52.3 Å². The van der Waals surface area contributed by atoms with Crippen LogP contribution in [0.15, 0.2) is 12.1 Å². The van der Waals surface area contributed by atoms with Gasteiger partial charge >= 0.3 is 0 Å². The van der Waals surface area contributed by atoms with E-state index < -0.39 is 5.41 Å². The van der Waals surface area contributed by atoms with Gasteiger partial charge in [-0.15, -0.1) is 0 Å². The van der Waals surface area contributed by atoms with Crippen LogP contribution in [-0.2, 0) is 9.59 Å².